The number of hydrogen-bond acceptors (Lipinski definition) is 8. The van der Waals surface area contributed by atoms with Crippen LogP contribution in [0.25, 0.3) is 0 Å². The number of ether oxygens (including phenoxy) is 2. The van der Waals surface area contributed by atoms with Crippen LogP contribution in [-0.2, 0) is 18.7 Å². The van der Waals surface area contributed by atoms with Gasteiger partial charge in [0.1, 0.15) is 23.8 Å². The highest BCUT2D eigenvalue weighted by atomic mass is 33.1. The molecule has 1 aromatic rings. The minimum atomic E-state index is -5.04. The standard InChI is InChI=1S/C23H34F3N3O6S2Si/c1-7-36-37-14-33-16-11-18(35-17(16)13-34-38(5,6)22(2,3)4)29-12-15(19(30)28-21(29)32)9-8-10-27-20(31)23(24,25)26/h12,16-18H,7,10-11,13-14H2,1-6H3,(H,27,31)(H,28,30,32)/t16-,17-,18-/m1/s1. The van der Waals surface area contributed by atoms with Crippen LogP contribution in [-0.4, -0.2) is 67.0 Å². The fourth-order valence-corrected chi connectivity index (χ4v) is 5.44. The van der Waals surface area contributed by atoms with Crippen molar-refractivity contribution in [3.05, 3.63) is 32.6 Å². The molecular weight excluding hydrogens is 563 g/mol. The van der Waals surface area contributed by atoms with Crippen LogP contribution >= 0.6 is 21.6 Å². The largest absolute Gasteiger partial charge is 0.471 e. The number of H-pyrrole nitrogens is 1. The van der Waals surface area contributed by atoms with Gasteiger partial charge in [0.2, 0.25) is 0 Å². The van der Waals surface area contributed by atoms with Crippen LogP contribution in [0.4, 0.5) is 13.2 Å². The summed E-state index contributed by atoms with van der Waals surface area (Å²) < 4.78 is 56.6. The van der Waals surface area contributed by atoms with E-state index >= 15 is 0 Å². The van der Waals surface area contributed by atoms with Gasteiger partial charge in [-0.05, 0) is 18.1 Å². The molecule has 0 unspecified atom stereocenters. The molecule has 0 radical (unpaired) electrons. The molecule has 2 rings (SSSR count). The van der Waals surface area contributed by atoms with Crippen LogP contribution in [0.5, 0.6) is 0 Å². The number of alkyl halides is 3. The minimum absolute atomic E-state index is 0.0159. The fraction of sp³-hybridized carbons (Fsp3) is 0.696. The van der Waals surface area contributed by atoms with Gasteiger partial charge in [-0.1, -0.05) is 61.1 Å². The number of halogens is 3. The fourth-order valence-electron chi connectivity index (χ4n) is 3.09. The number of aromatic amines is 1. The highest BCUT2D eigenvalue weighted by molar-refractivity contribution is 8.76. The van der Waals surface area contributed by atoms with Gasteiger partial charge in [0, 0.05) is 18.4 Å². The van der Waals surface area contributed by atoms with Crippen LogP contribution in [0.1, 0.15) is 45.9 Å². The van der Waals surface area contributed by atoms with E-state index in [1.165, 1.54) is 10.8 Å². The number of amides is 1. The third-order valence-corrected chi connectivity index (χ3v) is 12.9. The maximum absolute atomic E-state index is 12.6. The zero-order valence-corrected chi connectivity index (χ0v) is 24.8. The molecular formula is C23H34F3N3O6S2Si. The first kappa shape index (κ1) is 32.5. The first-order chi connectivity index (χ1) is 17.6. The topological polar surface area (TPSA) is 112 Å². The van der Waals surface area contributed by atoms with Crippen LogP contribution in [0.2, 0.25) is 18.1 Å². The van der Waals surface area contributed by atoms with Crippen molar-refractivity contribution in [2.45, 2.75) is 76.9 Å². The van der Waals surface area contributed by atoms with Crippen molar-refractivity contribution >= 4 is 35.8 Å². The minimum Gasteiger partial charge on any atom is -0.414 e. The molecule has 0 saturated carbocycles. The molecule has 1 amide bonds. The van der Waals surface area contributed by atoms with Crippen molar-refractivity contribution in [3.8, 4) is 11.8 Å². The SMILES string of the molecule is CCSSCO[C@@H]1C[C@H](n2cc(C#CCNC(=O)C(F)(F)F)c(=O)[nH]c2=O)O[C@@H]1CO[Si](C)(C)C(C)(C)C. The van der Waals surface area contributed by atoms with Gasteiger partial charge in [0.05, 0.1) is 19.3 Å². The van der Waals surface area contributed by atoms with Crippen molar-refractivity contribution in [3.63, 3.8) is 0 Å². The molecule has 0 spiro atoms. The molecule has 0 bridgehead atoms. The van der Waals surface area contributed by atoms with Gasteiger partial charge in [0.15, 0.2) is 8.32 Å². The number of aromatic nitrogens is 2. The molecule has 2 heterocycles. The quantitative estimate of drug-likeness (QED) is 0.138. The van der Waals surface area contributed by atoms with Gasteiger partial charge >= 0.3 is 17.8 Å². The van der Waals surface area contributed by atoms with Gasteiger partial charge in [-0.15, -0.1) is 0 Å². The molecule has 1 saturated heterocycles. The Bertz CT molecular complexity index is 1140. The van der Waals surface area contributed by atoms with Crippen molar-refractivity contribution in [2.24, 2.45) is 0 Å². The smallest absolute Gasteiger partial charge is 0.414 e. The Labute approximate surface area is 228 Å². The van der Waals surface area contributed by atoms with E-state index in [0.717, 1.165) is 5.75 Å². The van der Waals surface area contributed by atoms with Crippen molar-refractivity contribution in [1.82, 2.24) is 14.9 Å². The van der Waals surface area contributed by atoms with E-state index in [1.807, 2.05) is 6.92 Å². The molecule has 0 aromatic carbocycles. The summed E-state index contributed by atoms with van der Waals surface area (Å²) in [5.74, 6) is 3.88. The predicted octanol–water partition coefficient (Wildman–Crippen LogP) is 3.62. The Morgan fingerprint density at radius 3 is 2.58 bits per heavy atom. The number of carbonyl (C=O) groups is 1. The lowest BCUT2D eigenvalue weighted by molar-refractivity contribution is -0.173. The number of rotatable bonds is 10. The zero-order valence-electron chi connectivity index (χ0n) is 22.2. The number of hydrogen-bond donors (Lipinski definition) is 2. The lowest BCUT2D eigenvalue weighted by atomic mass is 10.2. The average Bonchev–Trinajstić information content (AvgIpc) is 3.20. The molecule has 1 aromatic heterocycles. The van der Waals surface area contributed by atoms with Gasteiger partial charge in [-0.2, -0.15) is 13.2 Å². The third kappa shape index (κ3) is 9.20. The third-order valence-electron chi connectivity index (χ3n) is 6.22. The summed E-state index contributed by atoms with van der Waals surface area (Å²) in [6.07, 6.45) is -5.16. The monoisotopic (exact) mass is 597 g/mol. The van der Waals surface area contributed by atoms with E-state index in [9.17, 15) is 27.6 Å². The van der Waals surface area contributed by atoms with Crippen molar-refractivity contribution < 1.29 is 31.9 Å². The molecule has 1 fully saturated rings. The van der Waals surface area contributed by atoms with Gasteiger partial charge < -0.3 is 19.2 Å². The van der Waals surface area contributed by atoms with Gasteiger partial charge in [-0.25, -0.2) is 4.79 Å². The van der Waals surface area contributed by atoms with Crippen LogP contribution in [0.3, 0.4) is 0 Å². The summed E-state index contributed by atoms with van der Waals surface area (Å²) >= 11 is 0. The molecule has 1 aliphatic rings. The Morgan fingerprint density at radius 2 is 1.97 bits per heavy atom. The van der Waals surface area contributed by atoms with E-state index in [1.54, 1.807) is 26.9 Å². The molecule has 15 heteroatoms. The second kappa shape index (κ2) is 13.6. The lowest BCUT2D eigenvalue weighted by Crippen LogP contribution is -2.44. The Kier molecular flexibility index (Phi) is 11.6. The number of nitrogens with zero attached hydrogens (tertiary/aromatic N) is 1. The normalized spacial score (nSPS) is 20.2. The summed E-state index contributed by atoms with van der Waals surface area (Å²) in [5.41, 5.74) is -1.70. The zero-order chi connectivity index (χ0) is 28.7. The summed E-state index contributed by atoms with van der Waals surface area (Å²) in [4.78, 5) is 37.9. The van der Waals surface area contributed by atoms with E-state index in [2.05, 4.69) is 50.7 Å². The number of nitrogens with one attached hydrogen (secondary N) is 2. The average molecular weight is 598 g/mol. The second-order valence-electron chi connectivity index (χ2n) is 9.98. The molecule has 38 heavy (non-hydrogen) atoms. The Balaban J connectivity index is 2.21. The molecule has 1 aliphatic heterocycles. The maximum atomic E-state index is 12.6. The van der Waals surface area contributed by atoms with Crippen molar-refractivity contribution in [2.75, 3.05) is 24.8 Å². The summed E-state index contributed by atoms with van der Waals surface area (Å²) in [6.45, 7) is 12.3. The molecule has 0 aliphatic carbocycles. The highest BCUT2D eigenvalue weighted by Gasteiger charge is 2.42. The first-order valence-corrected chi connectivity index (χ1v) is 17.3. The van der Waals surface area contributed by atoms with E-state index in [-0.39, 0.29) is 23.3 Å². The van der Waals surface area contributed by atoms with Crippen LogP contribution in [0.15, 0.2) is 15.8 Å². The molecule has 214 valence electrons. The molecule has 9 nitrogen and oxygen atoms in total. The van der Waals surface area contributed by atoms with Crippen LogP contribution < -0.4 is 16.6 Å². The maximum Gasteiger partial charge on any atom is 0.471 e. The molecule has 3 atom stereocenters. The lowest BCUT2D eigenvalue weighted by Gasteiger charge is -2.37. The summed E-state index contributed by atoms with van der Waals surface area (Å²) in [6, 6.07) is 0. The molecule has 2 N–H and O–H groups in total. The predicted molar refractivity (Wildman–Crippen MR) is 144 cm³/mol. The van der Waals surface area contributed by atoms with E-state index in [0.29, 0.717) is 12.4 Å². The van der Waals surface area contributed by atoms with Gasteiger partial charge in [0.25, 0.3) is 5.56 Å². The first-order valence-electron chi connectivity index (χ1n) is 11.9. The van der Waals surface area contributed by atoms with Gasteiger partial charge in [-0.3, -0.25) is 19.1 Å². The Hall–Kier alpha value is -1.70. The van der Waals surface area contributed by atoms with Crippen LogP contribution in [0, 0.1) is 11.8 Å². The summed E-state index contributed by atoms with van der Waals surface area (Å²) in [5, 5.41) is 1.58. The highest BCUT2D eigenvalue weighted by Crippen LogP contribution is 2.38. The Morgan fingerprint density at radius 1 is 1.29 bits per heavy atom. The van der Waals surface area contributed by atoms with Crippen molar-refractivity contribution in [1.29, 1.82) is 0 Å². The summed E-state index contributed by atoms with van der Waals surface area (Å²) in [7, 11) is 1.13. The van der Waals surface area contributed by atoms with E-state index < -0.39 is 50.5 Å². The van der Waals surface area contributed by atoms with E-state index in [4.69, 9.17) is 13.9 Å². The second-order valence-corrected chi connectivity index (χ2v) is 17.5. The number of carbonyl (C=O) groups excluding carboxylic acids is 1.